The molecule has 152 valence electrons. The summed E-state index contributed by atoms with van der Waals surface area (Å²) in [5.41, 5.74) is 0.0497. The van der Waals surface area contributed by atoms with Gasteiger partial charge in [-0.05, 0) is 36.4 Å². The van der Waals surface area contributed by atoms with Gasteiger partial charge in [0.1, 0.15) is 13.2 Å². The van der Waals surface area contributed by atoms with Crippen LogP contribution < -0.4 is 19.7 Å². The normalized spacial score (nSPS) is 18.7. The third-order valence-electron chi connectivity index (χ3n) is 4.81. The fourth-order valence-corrected chi connectivity index (χ4v) is 3.32. The first-order valence-corrected chi connectivity index (χ1v) is 8.99. The molecule has 2 heterocycles. The second-order valence-corrected chi connectivity index (χ2v) is 6.80. The number of alkyl halides is 3. The molecule has 2 aliphatic heterocycles. The van der Waals surface area contributed by atoms with Crippen molar-refractivity contribution < 1.29 is 32.2 Å². The molecule has 1 atom stereocenters. The second kappa shape index (κ2) is 7.31. The predicted octanol–water partition coefficient (Wildman–Crippen LogP) is 3.47. The Bertz CT molecular complexity index is 944. The summed E-state index contributed by atoms with van der Waals surface area (Å²) >= 11 is 0. The van der Waals surface area contributed by atoms with E-state index in [9.17, 15) is 22.8 Å². The molecule has 2 amide bonds. The number of amides is 2. The van der Waals surface area contributed by atoms with E-state index in [-0.39, 0.29) is 24.6 Å². The molecule has 0 unspecified atom stereocenters. The summed E-state index contributed by atoms with van der Waals surface area (Å²) in [7, 11) is 0. The van der Waals surface area contributed by atoms with Gasteiger partial charge in [-0.2, -0.15) is 13.2 Å². The van der Waals surface area contributed by atoms with Gasteiger partial charge in [0.05, 0.1) is 11.5 Å². The highest BCUT2D eigenvalue weighted by molar-refractivity contribution is 6.03. The Kier molecular flexibility index (Phi) is 4.81. The Balaban J connectivity index is 1.43. The number of halogens is 3. The lowest BCUT2D eigenvalue weighted by Gasteiger charge is -2.22. The van der Waals surface area contributed by atoms with Crippen molar-refractivity contribution in [2.75, 3.05) is 30.0 Å². The monoisotopic (exact) mass is 406 g/mol. The molecular weight excluding hydrogens is 389 g/mol. The summed E-state index contributed by atoms with van der Waals surface area (Å²) in [6.07, 6.45) is -4.43. The molecule has 0 saturated carbocycles. The number of carbonyl (C=O) groups is 2. The van der Waals surface area contributed by atoms with Crippen LogP contribution in [0.1, 0.15) is 12.0 Å². The van der Waals surface area contributed by atoms with Gasteiger partial charge in [-0.1, -0.05) is 0 Å². The van der Waals surface area contributed by atoms with Crippen LogP contribution in [-0.2, 0) is 15.8 Å². The zero-order chi connectivity index (χ0) is 20.6. The number of anilines is 2. The standard InChI is InChI=1S/C20H17F3N2O4/c21-20(22,23)13-1-3-14(4-2-13)24-19(27)12-9-18(26)25(11-12)15-5-6-16-17(10-15)29-8-7-28-16/h1-6,10,12H,7-9,11H2,(H,24,27)/t12-/m1/s1. The van der Waals surface area contributed by atoms with E-state index in [0.717, 1.165) is 12.1 Å². The number of nitrogens with one attached hydrogen (secondary N) is 1. The highest BCUT2D eigenvalue weighted by atomic mass is 19.4. The molecule has 1 fully saturated rings. The summed E-state index contributed by atoms with van der Waals surface area (Å²) < 4.78 is 48.9. The van der Waals surface area contributed by atoms with E-state index in [1.807, 2.05) is 0 Å². The molecule has 2 aromatic carbocycles. The number of ether oxygens (including phenoxy) is 2. The molecule has 0 spiro atoms. The van der Waals surface area contributed by atoms with Crippen LogP contribution in [0.25, 0.3) is 0 Å². The van der Waals surface area contributed by atoms with Crippen molar-refractivity contribution in [1.82, 2.24) is 0 Å². The quantitative estimate of drug-likeness (QED) is 0.848. The number of hydrogen-bond donors (Lipinski definition) is 1. The maximum Gasteiger partial charge on any atom is 0.416 e. The molecule has 2 aromatic rings. The lowest BCUT2D eigenvalue weighted by Crippen LogP contribution is -2.28. The van der Waals surface area contributed by atoms with Crippen LogP contribution in [0.3, 0.4) is 0 Å². The number of fused-ring (bicyclic) bond motifs is 1. The molecule has 1 N–H and O–H groups in total. The largest absolute Gasteiger partial charge is 0.486 e. The van der Waals surface area contributed by atoms with Gasteiger partial charge in [0.25, 0.3) is 0 Å². The third-order valence-corrected chi connectivity index (χ3v) is 4.81. The second-order valence-electron chi connectivity index (χ2n) is 6.80. The minimum absolute atomic E-state index is 0.0148. The van der Waals surface area contributed by atoms with Gasteiger partial charge in [0, 0.05) is 30.4 Å². The van der Waals surface area contributed by atoms with Crippen LogP contribution in [0.4, 0.5) is 24.5 Å². The Morgan fingerprint density at radius 1 is 1.03 bits per heavy atom. The smallest absolute Gasteiger partial charge is 0.416 e. The van der Waals surface area contributed by atoms with Gasteiger partial charge >= 0.3 is 6.18 Å². The molecule has 2 aliphatic rings. The van der Waals surface area contributed by atoms with Crippen molar-refractivity contribution >= 4 is 23.2 Å². The fraction of sp³-hybridized carbons (Fsp3) is 0.300. The number of rotatable bonds is 3. The van der Waals surface area contributed by atoms with Gasteiger partial charge in [-0.25, -0.2) is 0 Å². The number of nitrogens with zero attached hydrogens (tertiary/aromatic N) is 1. The van der Waals surface area contributed by atoms with Gasteiger partial charge in [0.2, 0.25) is 11.8 Å². The van der Waals surface area contributed by atoms with Gasteiger partial charge < -0.3 is 19.7 Å². The van der Waals surface area contributed by atoms with E-state index in [2.05, 4.69) is 5.32 Å². The highest BCUT2D eigenvalue weighted by Gasteiger charge is 2.36. The van der Waals surface area contributed by atoms with Crippen LogP contribution in [-0.4, -0.2) is 31.6 Å². The number of benzene rings is 2. The minimum atomic E-state index is -4.44. The van der Waals surface area contributed by atoms with Crippen molar-refractivity contribution in [3.8, 4) is 11.5 Å². The van der Waals surface area contributed by atoms with Crippen molar-refractivity contribution in [3.63, 3.8) is 0 Å². The summed E-state index contributed by atoms with van der Waals surface area (Å²) in [6, 6.07) is 9.32. The van der Waals surface area contributed by atoms with E-state index in [0.29, 0.717) is 30.4 Å². The van der Waals surface area contributed by atoms with Crippen LogP contribution >= 0.6 is 0 Å². The van der Waals surface area contributed by atoms with Gasteiger partial charge in [0.15, 0.2) is 11.5 Å². The van der Waals surface area contributed by atoms with Crippen molar-refractivity contribution in [3.05, 3.63) is 48.0 Å². The average Bonchev–Trinajstić information content (AvgIpc) is 3.09. The molecular formula is C20H17F3N2O4. The maximum absolute atomic E-state index is 12.6. The maximum atomic E-state index is 12.6. The van der Waals surface area contributed by atoms with Crippen LogP contribution in [0.2, 0.25) is 0 Å². The summed E-state index contributed by atoms with van der Waals surface area (Å²) in [4.78, 5) is 26.4. The van der Waals surface area contributed by atoms with E-state index >= 15 is 0 Å². The number of hydrogen-bond acceptors (Lipinski definition) is 4. The number of carbonyl (C=O) groups excluding carboxylic acids is 2. The average molecular weight is 406 g/mol. The third kappa shape index (κ3) is 3.98. The van der Waals surface area contributed by atoms with Crippen LogP contribution in [0, 0.1) is 5.92 Å². The molecule has 0 radical (unpaired) electrons. The van der Waals surface area contributed by atoms with E-state index in [1.54, 1.807) is 18.2 Å². The van der Waals surface area contributed by atoms with Crippen molar-refractivity contribution in [1.29, 1.82) is 0 Å². The summed E-state index contributed by atoms with van der Waals surface area (Å²) in [6.45, 7) is 1.05. The predicted molar refractivity (Wildman–Crippen MR) is 98.0 cm³/mol. The van der Waals surface area contributed by atoms with E-state index in [4.69, 9.17) is 9.47 Å². The molecule has 1 saturated heterocycles. The first-order valence-electron chi connectivity index (χ1n) is 8.99. The lowest BCUT2D eigenvalue weighted by molar-refractivity contribution is -0.137. The lowest BCUT2D eigenvalue weighted by atomic mass is 10.1. The summed E-state index contributed by atoms with van der Waals surface area (Å²) in [5, 5.41) is 2.58. The Morgan fingerprint density at radius 3 is 2.41 bits per heavy atom. The Labute approximate surface area is 164 Å². The van der Waals surface area contributed by atoms with Crippen LogP contribution in [0.15, 0.2) is 42.5 Å². The first-order chi connectivity index (χ1) is 13.8. The minimum Gasteiger partial charge on any atom is -0.486 e. The zero-order valence-corrected chi connectivity index (χ0v) is 15.2. The van der Waals surface area contributed by atoms with E-state index in [1.165, 1.54) is 17.0 Å². The van der Waals surface area contributed by atoms with Gasteiger partial charge in [-0.3, -0.25) is 9.59 Å². The zero-order valence-electron chi connectivity index (χ0n) is 15.2. The fourth-order valence-electron chi connectivity index (χ4n) is 3.32. The van der Waals surface area contributed by atoms with Crippen molar-refractivity contribution in [2.24, 2.45) is 5.92 Å². The Hall–Kier alpha value is -3.23. The van der Waals surface area contributed by atoms with Gasteiger partial charge in [-0.15, -0.1) is 0 Å². The topological polar surface area (TPSA) is 67.9 Å². The molecule has 4 rings (SSSR count). The summed E-state index contributed by atoms with van der Waals surface area (Å²) in [5.74, 6) is -0.104. The SMILES string of the molecule is O=C(Nc1ccc(C(F)(F)F)cc1)[C@@H]1CC(=O)N(c2ccc3c(c2)OCCO3)C1. The molecule has 29 heavy (non-hydrogen) atoms. The molecule has 6 nitrogen and oxygen atoms in total. The van der Waals surface area contributed by atoms with Crippen LogP contribution in [0.5, 0.6) is 11.5 Å². The molecule has 0 bridgehead atoms. The van der Waals surface area contributed by atoms with Crippen molar-refractivity contribution in [2.45, 2.75) is 12.6 Å². The highest BCUT2D eigenvalue weighted by Crippen LogP contribution is 2.36. The molecule has 0 aromatic heterocycles. The first kappa shape index (κ1) is 19.1. The molecule has 0 aliphatic carbocycles. The van der Waals surface area contributed by atoms with E-state index < -0.39 is 23.6 Å². The Morgan fingerprint density at radius 2 is 1.72 bits per heavy atom. The molecule has 9 heteroatoms.